The lowest BCUT2D eigenvalue weighted by Gasteiger charge is -2.12. The first kappa shape index (κ1) is 14.0. The van der Waals surface area contributed by atoms with Crippen molar-refractivity contribution in [3.8, 4) is 5.75 Å². The third-order valence-corrected chi connectivity index (χ3v) is 2.91. The molecule has 0 saturated heterocycles. The summed E-state index contributed by atoms with van der Waals surface area (Å²) in [6.45, 7) is 1.88. The lowest BCUT2D eigenvalue weighted by molar-refractivity contribution is 0.215. The molecule has 5 heteroatoms. The zero-order valence-corrected chi connectivity index (χ0v) is 11.7. The highest BCUT2D eigenvalue weighted by Crippen LogP contribution is 2.20. The van der Waals surface area contributed by atoms with Crippen molar-refractivity contribution in [2.45, 2.75) is 6.92 Å². The van der Waals surface area contributed by atoms with Gasteiger partial charge < -0.3 is 10.5 Å². The van der Waals surface area contributed by atoms with Gasteiger partial charge >= 0.3 is 6.09 Å². The largest absolute Gasteiger partial charge is 0.417 e. The summed E-state index contributed by atoms with van der Waals surface area (Å²) in [7, 11) is 0. The third-order valence-electron chi connectivity index (χ3n) is 2.71. The summed E-state index contributed by atoms with van der Waals surface area (Å²) < 4.78 is 5.16. The number of nitrogens with one attached hydrogen (secondary N) is 1. The van der Waals surface area contributed by atoms with Crippen molar-refractivity contribution in [2.24, 2.45) is 5.73 Å². The average Bonchev–Trinajstić information content (AvgIpc) is 2.39. The Balaban J connectivity index is 2.16. The smallest absolute Gasteiger partial charge is 0.410 e. The summed E-state index contributed by atoms with van der Waals surface area (Å²) in [6, 6.07) is 14.2. The number of hydrogen-bond donors (Lipinski definition) is 2. The first-order chi connectivity index (χ1) is 9.58. The van der Waals surface area contributed by atoms with Crippen LogP contribution in [0.15, 0.2) is 48.5 Å². The van der Waals surface area contributed by atoms with Crippen LogP contribution in [0, 0.1) is 6.92 Å². The average molecular weight is 286 g/mol. The molecule has 0 atom stereocenters. The highest BCUT2D eigenvalue weighted by molar-refractivity contribution is 7.80. The number of anilines is 1. The molecule has 0 aliphatic carbocycles. The molecule has 4 nitrogen and oxygen atoms in total. The Morgan fingerprint density at radius 1 is 1.15 bits per heavy atom. The molecule has 0 saturated carbocycles. The molecule has 102 valence electrons. The fraction of sp³-hybridized carbons (Fsp3) is 0.0667. The van der Waals surface area contributed by atoms with Gasteiger partial charge in [0.2, 0.25) is 0 Å². The molecule has 2 rings (SSSR count). The predicted molar refractivity (Wildman–Crippen MR) is 83.2 cm³/mol. The molecule has 0 aliphatic rings. The van der Waals surface area contributed by atoms with E-state index in [2.05, 4.69) is 5.32 Å². The molecular formula is C15H14N2O2S. The van der Waals surface area contributed by atoms with Crippen molar-refractivity contribution in [1.82, 2.24) is 0 Å². The summed E-state index contributed by atoms with van der Waals surface area (Å²) in [5.74, 6) is 0.467. The second kappa shape index (κ2) is 6.16. The Morgan fingerprint density at radius 3 is 2.50 bits per heavy atom. The number of benzene rings is 2. The van der Waals surface area contributed by atoms with Crippen molar-refractivity contribution in [2.75, 3.05) is 5.32 Å². The maximum Gasteiger partial charge on any atom is 0.417 e. The third kappa shape index (κ3) is 3.33. The standard InChI is InChI=1S/C15H14N2O2S/c1-10-6-5-9-12(13(10)14(16)20)17-15(18)19-11-7-3-2-4-8-11/h2-9H,1H3,(H2,16,20)(H,17,18). The van der Waals surface area contributed by atoms with Crippen LogP contribution in [-0.4, -0.2) is 11.1 Å². The fourth-order valence-corrected chi connectivity index (χ4v) is 2.10. The van der Waals surface area contributed by atoms with Crippen molar-refractivity contribution in [1.29, 1.82) is 0 Å². The SMILES string of the molecule is Cc1cccc(NC(=O)Oc2ccccc2)c1C(N)=S. The highest BCUT2D eigenvalue weighted by Gasteiger charge is 2.12. The van der Waals surface area contributed by atoms with Crippen molar-refractivity contribution in [3.63, 3.8) is 0 Å². The lowest BCUT2D eigenvalue weighted by atomic mass is 10.1. The minimum absolute atomic E-state index is 0.234. The molecule has 0 spiro atoms. The lowest BCUT2D eigenvalue weighted by Crippen LogP contribution is -2.21. The van der Waals surface area contributed by atoms with Gasteiger partial charge in [-0.05, 0) is 30.7 Å². The number of amides is 1. The van der Waals surface area contributed by atoms with E-state index in [1.54, 1.807) is 30.3 Å². The van der Waals surface area contributed by atoms with Crippen LogP contribution >= 0.6 is 12.2 Å². The quantitative estimate of drug-likeness (QED) is 0.850. The van der Waals surface area contributed by atoms with Gasteiger partial charge in [-0.15, -0.1) is 0 Å². The van der Waals surface area contributed by atoms with Crippen LogP contribution in [-0.2, 0) is 0 Å². The molecule has 3 N–H and O–H groups in total. The van der Waals surface area contributed by atoms with E-state index in [4.69, 9.17) is 22.7 Å². The number of rotatable bonds is 3. The minimum atomic E-state index is -0.584. The van der Waals surface area contributed by atoms with Gasteiger partial charge in [-0.3, -0.25) is 5.32 Å². The second-order valence-corrected chi connectivity index (χ2v) is 4.63. The Kier molecular flexibility index (Phi) is 4.32. The maximum absolute atomic E-state index is 11.9. The van der Waals surface area contributed by atoms with Gasteiger partial charge in [0.25, 0.3) is 0 Å². The topological polar surface area (TPSA) is 64.3 Å². The number of thiocarbonyl (C=S) groups is 1. The second-order valence-electron chi connectivity index (χ2n) is 4.19. The molecule has 0 bridgehead atoms. The van der Waals surface area contributed by atoms with E-state index in [1.807, 2.05) is 25.1 Å². The first-order valence-electron chi connectivity index (χ1n) is 6.01. The van der Waals surface area contributed by atoms with Crippen LogP contribution < -0.4 is 15.8 Å². The molecule has 0 aromatic heterocycles. The van der Waals surface area contributed by atoms with E-state index in [9.17, 15) is 4.79 Å². The summed E-state index contributed by atoms with van der Waals surface area (Å²) in [5, 5.41) is 2.65. The Bertz CT molecular complexity index is 642. The minimum Gasteiger partial charge on any atom is -0.410 e. The van der Waals surface area contributed by atoms with Crippen LogP contribution in [0.5, 0.6) is 5.75 Å². The number of nitrogens with two attached hydrogens (primary N) is 1. The Morgan fingerprint density at radius 2 is 1.85 bits per heavy atom. The van der Waals surface area contributed by atoms with Gasteiger partial charge in [0, 0.05) is 5.56 Å². The first-order valence-corrected chi connectivity index (χ1v) is 6.42. The molecule has 20 heavy (non-hydrogen) atoms. The van der Waals surface area contributed by atoms with E-state index in [1.165, 1.54) is 0 Å². The summed E-state index contributed by atoms with van der Waals surface area (Å²) >= 11 is 5.01. The van der Waals surface area contributed by atoms with Gasteiger partial charge in [0.05, 0.1) is 5.69 Å². The number of carbonyl (C=O) groups excluding carboxylic acids is 1. The van der Waals surface area contributed by atoms with E-state index < -0.39 is 6.09 Å². The van der Waals surface area contributed by atoms with Gasteiger partial charge in [-0.25, -0.2) is 4.79 Å². The van der Waals surface area contributed by atoms with Gasteiger partial charge in [-0.1, -0.05) is 42.5 Å². The monoisotopic (exact) mass is 286 g/mol. The number of aryl methyl sites for hydroxylation is 1. The maximum atomic E-state index is 11.9. The van der Waals surface area contributed by atoms with Crippen LogP contribution in [0.2, 0.25) is 0 Å². The van der Waals surface area contributed by atoms with Crippen molar-refractivity contribution >= 4 is 29.0 Å². The Hall–Kier alpha value is -2.40. The summed E-state index contributed by atoms with van der Waals surface area (Å²) in [5.41, 5.74) is 7.77. The van der Waals surface area contributed by atoms with Crippen molar-refractivity contribution < 1.29 is 9.53 Å². The zero-order chi connectivity index (χ0) is 14.5. The summed E-state index contributed by atoms with van der Waals surface area (Å²) in [6.07, 6.45) is -0.584. The molecule has 0 heterocycles. The zero-order valence-electron chi connectivity index (χ0n) is 10.9. The Labute approximate surface area is 122 Å². The molecular weight excluding hydrogens is 272 g/mol. The van der Waals surface area contributed by atoms with Crippen LogP contribution in [0.1, 0.15) is 11.1 Å². The van der Waals surface area contributed by atoms with E-state index in [0.29, 0.717) is 17.0 Å². The summed E-state index contributed by atoms with van der Waals surface area (Å²) in [4.78, 5) is 12.1. The molecule has 1 amide bonds. The fourth-order valence-electron chi connectivity index (χ4n) is 1.83. The van der Waals surface area contributed by atoms with Crippen LogP contribution in [0.25, 0.3) is 0 Å². The molecule has 0 radical (unpaired) electrons. The van der Waals surface area contributed by atoms with Crippen molar-refractivity contribution in [3.05, 3.63) is 59.7 Å². The molecule has 2 aromatic carbocycles. The number of ether oxygens (including phenoxy) is 1. The molecule has 0 aliphatic heterocycles. The van der Waals surface area contributed by atoms with E-state index in [-0.39, 0.29) is 4.99 Å². The normalized spacial score (nSPS) is 9.85. The highest BCUT2D eigenvalue weighted by atomic mass is 32.1. The van der Waals surface area contributed by atoms with Gasteiger partial charge in [-0.2, -0.15) is 0 Å². The van der Waals surface area contributed by atoms with Crippen LogP contribution in [0.4, 0.5) is 10.5 Å². The van der Waals surface area contributed by atoms with Crippen LogP contribution in [0.3, 0.4) is 0 Å². The molecule has 0 unspecified atom stereocenters. The molecule has 0 fully saturated rings. The predicted octanol–water partition coefficient (Wildman–Crippen LogP) is 3.24. The molecule has 2 aromatic rings. The van der Waals surface area contributed by atoms with E-state index >= 15 is 0 Å². The van der Waals surface area contributed by atoms with Gasteiger partial charge in [0.1, 0.15) is 10.7 Å². The number of carbonyl (C=O) groups is 1. The number of para-hydroxylation sites is 1. The van der Waals surface area contributed by atoms with E-state index in [0.717, 1.165) is 5.56 Å². The number of hydrogen-bond acceptors (Lipinski definition) is 3. The van der Waals surface area contributed by atoms with Gasteiger partial charge in [0.15, 0.2) is 0 Å².